The SMILES string of the molecule is Cc1ccc(-n2nnnc2SC(C)C(=O)Nc2nccs2)c(C)c1. The van der Waals surface area contributed by atoms with Crippen LogP contribution in [-0.2, 0) is 4.79 Å². The number of carbonyl (C=O) groups excluding carboxylic acids is 1. The van der Waals surface area contributed by atoms with E-state index in [1.54, 1.807) is 10.9 Å². The first kappa shape index (κ1) is 16.6. The zero-order valence-corrected chi connectivity index (χ0v) is 15.1. The van der Waals surface area contributed by atoms with E-state index >= 15 is 0 Å². The van der Waals surface area contributed by atoms with Crippen molar-refractivity contribution >= 4 is 34.1 Å². The van der Waals surface area contributed by atoms with Gasteiger partial charge in [-0.1, -0.05) is 29.5 Å². The molecular weight excluding hydrogens is 344 g/mol. The van der Waals surface area contributed by atoms with Gasteiger partial charge in [0.1, 0.15) is 0 Å². The standard InChI is InChI=1S/C15H16N6OS2/c1-9-4-5-12(10(2)8-9)21-15(18-19-20-21)24-11(3)13(22)17-14-16-6-7-23-14/h4-8,11H,1-3H3,(H,16,17,22). The first-order valence-electron chi connectivity index (χ1n) is 7.27. The van der Waals surface area contributed by atoms with Crippen molar-refractivity contribution in [1.82, 2.24) is 25.2 Å². The van der Waals surface area contributed by atoms with Gasteiger partial charge in [0.15, 0.2) is 5.13 Å². The number of aromatic nitrogens is 5. The molecule has 3 rings (SSSR count). The van der Waals surface area contributed by atoms with Crippen molar-refractivity contribution in [1.29, 1.82) is 0 Å². The lowest BCUT2D eigenvalue weighted by Gasteiger charge is -2.11. The van der Waals surface area contributed by atoms with Gasteiger partial charge < -0.3 is 5.32 Å². The summed E-state index contributed by atoms with van der Waals surface area (Å²) in [4.78, 5) is 16.3. The largest absolute Gasteiger partial charge is 0.301 e. The van der Waals surface area contributed by atoms with E-state index in [0.717, 1.165) is 11.3 Å². The zero-order chi connectivity index (χ0) is 17.1. The summed E-state index contributed by atoms with van der Waals surface area (Å²) in [7, 11) is 0. The molecule has 1 aromatic carbocycles. The summed E-state index contributed by atoms with van der Waals surface area (Å²) >= 11 is 2.69. The second kappa shape index (κ2) is 7.10. The van der Waals surface area contributed by atoms with Gasteiger partial charge in [0.25, 0.3) is 0 Å². The fraction of sp³-hybridized carbons (Fsp3) is 0.267. The number of rotatable bonds is 5. The van der Waals surface area contributed by atoms with Crippen LogP contribution in [0.25, 0.3) is 5.69 Å². The van der Waals surface area contributed by atoms with E-state index in [2.05, 4.69) is 31.9 Å². The number of hydrogen-bond acceptors (Lipinski definition) is 7. The smallest absolute Gasteiger partial charge is 0.239 e. The molecular formula is C15H16N6OS2. The van der Waals surface area contributed by atoms with Crippen LogP contribution in [-0.4, -0.2) is 36.3 Å². The maximum atomic E-state index is 12.3. The molecule has 1 unspecified atom stereocenters. The van der Waals surface area contributed by atoms with Gasteiger partial charge in [0.05, 0.1) is 10.9 Å². The molecule has 124 valence electrons. The quantitative estimate of drug-likeness (QED) is 0.704. The van der Waals surface area contributed by atoms with Crippen molar-refractivity contribution in [2.45, 2.75) is 31.2 Å². The molecule has 0 spiro atoms. The van der Waals surface area contributed by atoms with Crippen LogP contribution >= 0.6 is 23.1 Å². The fourth-order valence-corrected chi connectivity index (χ4v) is 3.48. The van der Waals surface area contributed by atoms with Gasteiger partial charge in [0, 0.05) is 11.6 Å². The molecule has 0 fully saturated rings. The van der Waals surface area contributed by atoms with Gasteiger partial charge in [-0.25, -0.2) is 4.98 Å². The van der Waals surface area contributed by atoms with Crippen LogP contribution in [0.3, 0.4) is 0 Å². The summed E-state index contributed by atoms with van der Waals surface area (Å²) < 4.78 is 1.66. The molecule has 0 aliphatic rings. The van der Waals surface area contributed by atoms with Gasteiger partial charge in [-0.3, -0.25) is 4.79 Å². The lowest BCUT2D eigenvalue weighted by Crippen LogP contribution is -2.22. The number of anilines is 1. The van der Waals surface area contributed by atoms with Crippen molar-refractivity contribution in [3.63, 3.8) is 0 Å². The van der Waals surface area contributed by atoms with E-state index in [-0.39, 0.29) is 11.2 Å². The third-order valence-corrected chi connectivity index (χ3v) is 5.06. The third-order valence-electron chi connectivity index (χ3n) is 3.34. The van der Waals surface area contributed by atoms with Crippen LogP contribution in [0.5, 0.6) is 0 Å². The number of thioether (sulfide) groups is 1. The number of nitrogens with one attached hydrogen (secondary N) is 1. The minimum Gasteiger partial charge on any atom is -0.301 e. The zero-order valence-electron chi connectivity index (χ0n) is 13.4. The molecule has 24 heavy (non-hydrogen) atoms. The number of hydrogen-bond donors (Lipinski definition) is 1. The average Bonchev–Trinajstić information content (AvgIpc) is 3.19. The Bertz CT molecular complexity index is 846. The summed E-state index contributed by atoms with van der Waals surface area (Å²) in [5.74, 6) is -0.134. The second-order valence-electron chi connectivity index (χ2n) is 5.25. The third kappa shape index (κ3) is 3.62. The molecule has 0 aliphatic heterocycles. The molecule has 7 nitrogen and oxygen atoms in total. The first-order chi connectivity index (χ1) is 11.5. The van der Waals surface area contributed by atoms with Crippen molar-refractivity contribution < 1.29 is 4.79 Å². The Morgan fingerprint density at radius 2 is 2.21 bits per heavy atom. The van der Waals surface area contributed by atoms with Crippen molar-refractivity contribution in [2.75, 3.05) is 5.32 Å². The van der Waals surface area contributed by atoms with Crippen LogP contribution in [0.1, 0.15) is 18.1 Å². The molecule has 3 aromatic rings. The summed E-state index contributed by atoms with van der Waals surface area (Å²) in [6.07, 6.45) is 1.65. The molecule has 2 heterocycles. The highest BCUT2D eigenvalue weighted by Crippen LogP contribution is 2.25. The van der Waals surface area contributed by atoms with E-state index in [9.17, 15) is 4.79 Å². The highest BCUT2D eigenvalue weighted by Gasteiger charge is 2.20. The lowest BCUT2D eigenvalue weighted by molar-refractivity contribution is -0.115. The van der Waals surface area contributed by atoms with E-state index in [0.29, 0.717) is 10.3 Å². The summed E-state index contributed by atoms with van der Waals surface area (Å²) in [6, 6.07) is 6.06. The van der Waals surface area contributed by atoms with Gasteiger partial charge in [-0.05, 0) is 42.8 Å². The molecule has 9 heteroatoms. The second-order valence-corrected chi connectivity index (χ2v) is 7.45. The molecule has 2 aromatic heterocycles. The molecule has 0 radical (unpaired) electrons. The lowest BCUT2D eigenvalue weighted by atomic mass is 10.1. The normalized spacial score (nSPS) is 12.1. The predicted molar refractivity (Wildman–Crippen MR) is 94.7 cm³/mol. The Balaban J connectivity index is 1.76. The van der Waals surface area contributed by atoms with Gasteiger partial charge in [-0.15, -0.1) is 16.4 Å². The Morgan fingerprint density at radius 1 is 1.38 bits per heavy atom. The Labute approximate surface area is 147 Å². The van der Waals surface area contributed by atoms with Crippen LogP contribution in [0, 0.1) is 13.8 Å². The van der Waals surface area contributed by atoms with Crippen LogP contribution in [0.15, 0.2) is 34.9 Å². The molecule has 1 atom stereocenters. The monoisotopic (exact) mass is 360 g/mol. The average molecular weight is 360 g/mol. The number of tetrazole rings is 1. The maximum Gasteiger partial charge on any atom is 0.239 e. The Hall–Kier alpha value is -2.26. The highest BCUT2D eigenvalue weighted by atomic mass is 32.2. The minimum absolute atomic E-state index is 0.134. The van der Waals surface area contributed by atoms with E-state index in [4.69, 9.17) is 0 Å². The number of nitrogens with zero attached hydrogens (tertiary/aromatic N) is 5. The number of amides is 1. The number of benzene rings is 1. The van der Waals surface area contributed by atoms with Crippen molar-refractivity contribution in [3.8, 4) is 5.69 Å². The summed E-state index contributed by atoms with van der Waals surface area (Å²) in [5, 5.41) is 17.3. The van der Waals surface area contributed by atoms with Gasteiger partial charge in [0.2, 0.25) is 11.1 Å². The molecule has 0 bridgehead atoms. The van der Waals surface area contributed by atoms with Crippen LogP contribution < -0.4 is 5.32 Å². The number of thiazole rings is 1. The Morgan fingerprint density at radius 3 is 2.92 bits per heavy atom. The van der Waals surface area contributed by atoms with Gasteiger partial charge in [-0.2, -0.15) is 4.68 Å². The number of carbonyl (C=O) groups is 1. The highest BCUT2D eigenvalue weighted by molar-refractivity contribution is 8.00. The van der Waals surface area contributed by atoms with E-state index in [1.165, 1.54) is 28.7 Å². The molecule has 0 aliphatic carbocycles. The van der Waals surface area contributed by atoms with Crippen molar-refractivity contribution in [2.24, 2.45) is 0 Å². The number of aryl methyl sites for hydroxylation is 2. The van der Waals surface area contributed by atoms with Crippen LogP contribution in [0.4, 0.5) is 5.13 Å². The maximum absolute atomic E-state index is 12.3. The van der Waals surface area contributed by atoms with Crippen molar-refractivity contribution in [3.05, 3.63) is 40.9 Å². The first-order valence-corrected chi connectivity index (χ1v) is 9.03. The fourth-order valence-electron chi connectivity index (χ4n) is 2.15. The molecule has 1 N–H and O–H groups in total. The van der Waals surface area contributed by atoms with E-state index < -0.39 is 0 Å². The minimum atomic E-state index is -0.357. The topological polar surface area (TPSA) is 85.6 Å². The molecule has 0 saturated carbocycles. The molecule has 1 amide bonds. The Kier molecular flexibility index (Phi) is 4.91. The van der Waals surface area contributed by atoms with Crippen LogP contribution in [0.2, 0.25) is 0 Å². The predicted octanol–water partition coefficient (Wildman–Crippen LogP) is 2.85. The summed E-state index contributed by atoms with van der Waals surface area (Å²) in [6.45, 7) is 5.86. The summed E-state index contributed by atoms with van der Waals surface area (Å²) in [5.41, 5.74) is 3.15. The van der Waals surface area contributed by atoms with Gasteiger partial charge >= 0.3 is 0 Å². The molecule has 0 saturated heterocycles. The van der Waals surface area contributed by atoms with E-state index in [1.807, 2.05) is 38.3 Å².